The molecule has 15 heavy (non-hydrogen) atoms. The Bertz CT molecular complexity index is 187. The second-order valence-corrected chi connectivity index (χ2v) is 4.78. The number of hydrogen-bond donors (Lipinski definition) is 2. The smallest absolute Gasteiger partial charge is 0.327 e. The van der Waals surface area contributed by atoms with Crippen molar-refractivity contribution in [2.45, 2.75) is 6.42 Å². The van der Waals surface area contributed by atoms with Crippen LogP contribution in [0.1, 0.15) is 6.42 Å². The highest BCUT2D eigenvalue weighted by Gasteiger charge is 1.96. The zero-order chi connectivity index (χ0) is 12.1. The summed E-state index contributed by atoms with van der Waals surface area (Å²) in [6, 6.07) is 0. The van der Waals surface area contributed by atoms with E-state index in [-0.39, 0.29) is 0 Å². The fraction of sp³-hybridized carbons (Fsp3) is 0.333. The molecule has 0 radical (unpaired) electrons. The Morgan fingerprint density at radius 2 is 1.27 bits per heavy atom. The van der Waals surface area contributed by atoms with Crippen molar-refractivity contribution in [1.82, 2.24) is 0 Å². The monoisotopic (exact) mass is 250 g/mol. The zero-order valence-corrected chi connectivity index (χ0v) is 9.85. The van der Waals surface area contributed by atoms with Crippen molar-refractivity contribution >= 4 is 33.5 Å². The molecule has 86 valence electrons. The lowest BCUT2D eigenvalue weighted by atomic mass is 10.6. The van der Waals surface area contributed by atoms with Gasteiger partial charge in [-0.1, -0.05) is 34.7 Å². The molecular formula is C9H14O4S2. The number of aliphatic carboxylic acids is 2. The van der Waals surface area contributed by atoms with E-state index in [1.54, 1.807) is 0 Å². The first-order chi connectivity index (χ1) is 7.04. The summed E-state index contributed by atoms with van der Waals surface area (Å²) in [6.07, 6.45) is 3.09. The number of carbonyl (C=O) groups is 2. The first kappa shape index (κ1) is 16.5. The van der Waals surface area contributed by atoms with Crippen molar-refractivity contribution in [1.29, 1.82) is 0 Å². The normalized spacial score (nSPS) is 12.3. The molecule has 0 amide bonds. The molecule has 0 aromatic rings. The average Bonchev–Trinajstić information content (AvgIpc) is 2.76. The van der Waals surface area contributed by atoms with Gasteiger partial charge in [-0.05, 0) is 6.42 Å². The Morgan fingerprint density at radius 3 is 1.33 bits per heavy atom. The molecule has 1 aliphatic heterocycles. The second kappa shape index (κ2) is 13.1. The maximum Gasteiger partial charge on any atom is 0.327 e. The van der Waals surface area contributed by atoms with Gasteiger partial charge in [-0.2, -0.15) is 0 Å². The lowest BCUT2D eigenvalue weighted by Gasteiger charge is -1.69. The molecule has 0 spiro atoms. The first-order valence-electron chi connectivity index (χ1n) is 3.99. The van der Waals surface area contributed by atoms with Gasteiger partial charge in [0.15, 0.2) is 0 Å². The predicted molar refractivity (Wildman–Crippen MR) is 65.2 cm³/mol. The molecular weight excluding hydrogens is 236 g/mol. The van der Waals surface area contributed by atoms with Gasteiger partial charge in [0.2, 0.25) is 0 Å². The number of hydrogen-bond acceptors (Lipinski definition) is 4. The molecule has 1 fully saturated rings. The molecule has 0 saturated carbocycles. The molecule has 1 rings (SSSR count). The van der Waals surface area contributed by atoms with E-state index in [4.69, 9.17) is 10.2 Å². The lowest BCUT2D eigenvalue weighted by molar-refractivity contribution is -0.132. The van der Waals surface area contributed by atoms with Crippen molar-refractivity contribution in [3.8, 4) is 0 Å². The van der Waals surface area contributed by atoms with Gasteiger partial charge in [0.05, 0.1) is 0 Å². The van der Waals surface area contributed by atoms with Gasteiger partial charge in [0.1, 0.15) is 0 Å². The molecule has 0 atom stereocenters. The van der Waals surface area contributed by atoms with Crippen molar-refractivity contribution in [2.24, 2.45) is 0 Å². The van der Waals surface area contributed by atoms with E-state index < -0.39 is 11.9 Å². The third-order valence-electron chi connectivity index (χ3n) is 0.888. The van der Waals surface area contributed by atoms with Crippen molar-refractivity contribution < 1.29 is 19.8 Å². The highest BCUT2D eigenvalue weighted by atomic mass is 33.1. The van der Waals surface area contributed by atoms with Gasteiger partial charge in [-0.25, -0.2) is 9.59 Å². The van der Waals surface area contributed by atoms with E-state index in [2.05, 4.69) is 13.2 Å². The lowest BCUT2D eigenvalue weighted by Crippen LogP contribution is -1.82. The largest absolute Gasteiger partial charge is 0.478 e. The molecule has 1 heterocycles. The fourth-order valence-electron chi connectivity index (χ4n) is 0.295. The number of carboxylic acids is 2. The predicted octanol–water partition coefficient (Wildman–Crippen LogP) is 2.29. The van der Waals surface area contributed by atoms with Crippen LogP contribution in [0, 0.1) is 0 Å². The van der Waals surface area contributed by atoms with Crippen LogP contribution in [-0.4, -0.2) is 33.7 Å². The van der Waals surface area contributed by atoms with Crippen LogP contribution in [0.4, 0.5) is 0 Å². The van der Waals surface area contributed by atoms with Crippen LogP contribution in [0.2, 0.25) is 0 Å². The van der Waals surface area contributed by atoms with Gasteiger partial charge in [0.25, 0.3) is 0 Å². The van der Waals surface area contributed by atoms with Gasteiger partial charge in [-0.15, -0.1) is 0 Å². The Hall–Kier alpha value is -0.880. The highest BCUT2D eigenvalue weighted by Crippen LogP contribution is 2.29. The molecule has 0 aliphatic carbocycles. The van der Waals surface area contributed by atoms with E-state index in [0.717, 1.165) is 12.2 Å². The summed E-state index contributed by atoms with van der Waals surface area (Å²) in [6.45, 7) is 5.92. The molecule has 1 aliphatic rings. The Kier molecular flexibility index (Phi) is 14.5. The standard InChI is InChI=1S/2C3H4O2.C3H6S2/c2*1-2-3(4)5;1-2-4-5-3-1/h2*2H,1H2,(H,4,5);1-3H2. The highest BCUT2D eigenvalue weighted by molar-refractivity contribution is 8.77. The summed E-state index contributed by atoms with van der Waals surface area (Å²) < 4.78 is 0. The topological polar surface area (TPSA) is 74.6 Å². The summed E-state index contributed by atoms with van der Waals surface area (Å²) in [5.41, 5.74) is 0. The third-order valence-corrected chi connectivity index (χ3v) is 3.47. The molecule has 4 nitrogen and oxygen atoms in total. The first-order valence-corrected chi connectivity index (χ1v) is 6.48. The molecule has 0 aromatic heterocycles. The third kappa shape index (κ3) is 24.6. The molecule has 0 aromatic carbocycles. The van der Waals surface area contributed by atoms with Gasteiger partial charge in [0, 0.05) is 23.7 Å². The average molecular weight is 250 g/mol. The Morgan fingerprint density at radius 1 is 1.00 bits per heavy atom. The summed E-state index contributed by atoms with van der Waals surface area (Å²) in [5.74, 6) is 0.796. The minimum absolute atomic E-state index is 0.833. The van der Waals surface area contributed by atoms with Crippen molar-refractivity contribution in [2.75, 3.05) is 11.5 Å². The molecule has 6 heteroatoms. The van der Waals surface area contributed by atoms with Crippen LogP contribution in [-0.2, 0) is 9.59 Å². The maximum atomic E-state index is 9.25. The van der Waals surface area contributed by atoms with E-state index in [0.29, 0.717) is 0 Å². The van der Waals surface area contributed by atoms with E-state index in [1.165, 1.54) is 17.9 Å². The molecule has 1 saturated heterocycles. The number of carboxylic acid groups (broad SMARTS) is 2. The quantitative estimate of drug-likeness (QED) is 0.578. The van der Waals surface area contributed by atoms with Gasteiger partial charge < -0.3 is 10.2 Å². The summed E-state index contributed by atoms with van der Waals surface area (Å²) in [4.78, 5) is 18.5. The Labute approximate surface area is 96.8 Å². The van der Waals surface area contributed by atoms with Crippen molar-refractivity contribution in [3.05, 3.63) is 25.3 Å². The maximum absolute atomic E-state index is 9.25. The van der Waals surface area contributed by atoms with Gasteiger partial charge >= 0.3 is 11.9 Å². The summed E-state index contributed by atoms with van der Waals surface area (Å²) >= 11 is 0. The van der Waals surface area contributed by atoms with Crippen molar-refractivity contribution in [3.63, 3.8) is 0 Å². The minimum atomic E-state index is -0.981. The van der Waals surface area contributed by atoms with E-state index >= 15 is 0 Å². The second-order valence-electron chi connectivity index (χ2n) is 2.08. The SMILES string of the molecule is C1CSSC1.C=CC(=O)O.C=CC(=O)O. The van der Waals surface area contributed by atoms with Crippen LogP contribution in [0.25, 0.3) is 0 Å². The molecule has 0 unspecified atom stereocenters. The number of rotatable bonds is 2. The zero-order valence-electron chi connectivity index (χ0n) is 8.22. The minimum Gasteiger partial charge on any atom is -0.478 e. The van der Waals surface area contributed by atoms with Crippen LogP contribution < -0.4 is 0 Å². The van der Waals surface area contributed by atoms with Crippen LogP contribution in [0.3, 0.4) is 0 Å². The fourth-order valence-corrected chi connectivity index (χ4v) is 2.65. The van der Waals surface area contributed by atoms with Crippen LogP contribution in [0.15, 0.2) is 25.3 Å². The van der Waals surface area contributed by atoms with E-state index in [9.17, 15) is 9.59 Å². The van der Waals surface area contributed by atoms with E-state index in [1.807, 2.05) is 21.6 Å². The van der Waals surface area contributed by atoms with Crippen LogP contribution >= 0.6 is 21.6 Å². The van der Waals surface area contributed by atoms with Crippen LogP contribution in [0.5, 0.6) is 0 Å². The molecule has 0 bridgehead atoms. The summed E-state index contributed by atoms with van der Waals surface area (Å²) in [5, 5.41) is 15.2. The van der Waals surface area contributed by atoms with Gasteiger partial charge in [-0.3, -0.25) is 0 Å². The Balaban J connectivity index is 0. The summed E-state index contributed by atoms with van der Waals surface area (Å²) in [7, 11) is 3.98. The molecule has 2 N–H and O–H groups in total.